The van der Waals surface area contributed by atoms with Crippen molar-refractivity contribution in [1.29, 1.82) is 0 Å². The Bertz CT molecular complexity index is 1040. The summed E-state index contributed by atoms with van der Waals surface area (Å²) < 4.78 is 11.3. The van der Waals surface area contributed by atoms with E-state index in [1.807, 2.05) is 53.9 Å². The number of fused-ring (bicyclic) bond motifs is 1. The number of esters is 1. The third-order valence-corrected chi connectivity index (χ3v) is 8.18. The average Bonchev–Trinajstić information content (AvgIpc) is 2.96. The molecule has 1 aliphatic heterocycles. The topological polar surface area (TPSA) is 35.5 Å². The van der Waals surface area contributed by atoms with Crippen molar-refractivity contribution in [2.45, 2.75) is 29.9 Å². The number of ether oxygens (including phenoxy) is 2. The lowest BCUT2D eigenvalue weighted by molar-refractivity contribution is 0.0730. The highest BCUT2D eigenvalue weighted by Crippen LogP contribution is 2.49. The Morgan fingerprint density at radius 1 is 0.867 bits per heavy atom. The third-order valence-electron chi connectivity index (χ3n) is 5.30. The van der Waals surface area contributed by atoms with Gasteiger partial charge in [-0.05, 0) is 54.3 Å². The zero-order valence-electron chi connectivity index (χ0n) is 17.3. The zero-order valence-corrected chi connectivity index (χ0v) is 18.9. The Morgan fingerprint density at radius 2 is 1.43 bits per heavy atom. The zero-order chi connectivity index (χ0) is 21.1. The van der Waals surface area contributed by atoms with E-state index >= 15 is 0 Å². The van der Waals surface area contributed by atoms with Crippen LogP contribution in [0.5, 0.6) is 11.5 Å². The van der Waals surface area contributed by atoms with Crippen molar-refractivity contribution in [3.63, 3.8) is 0 Å². The second-order valence-electron chi connectivity index (χ2n) is 7.29. The average molecular weight is 437 g/mol. The van der Waals surface area contributed by atoms with Gasteiger partial charge >= 0.3 is 5.97 Å². The van der Waals surface area contributed by atoms with Crippen molar-refractivity contribution in [3.05, 3.63) is 94.0 Å². The molecule has 0 unspecified atom stereocenters. The summed E-state index contributed by atoms with van der Waals surface area (Å²) >= 11 is 3.77. The van der Waals surface area contributed by atoms with Gasteiger partial charge < -0.3 is 9.47 Å². The van der Waals surface area contributed by atoms with Crippen LogP contribution in [0, 0.1) is 13.8 Å². The normalized spacial score (nSPS) is 14.0. The summed E-state index contributed by atoms with van der Waals surface area (Å²) in [6.45, 7) is 4.34. The van der Waals surface area contributed by atoms with E-state index in [-0.39, 0.29) is 4.58 Å². The van der Waals surface area contributed by atoms with E-state index in [0.29, 0.717) is 17.1 Å². The van der Waals surface area contributed by atoms with Gasteiger partial charge in [-0.15, -0.1) is 23.5 Å². The minimum absolute atomic E-state index is 0.194. The molecule has 0 spiro atoms. The lowest BCUT2D eigenvalue weighted by atomic mass is 10.0. The number of rotatable bonds is 4. The number of aryl methyl sites for hydroxylation is 2. The Balaban J connectivity index is 1.57. The summed E-state index contributed by atoms with van der Waals surface area (Å²) in [5, 5.41) is 0. The molecular formula is C25H24O3S2. The number of thioether (sulfide) groups is 2. The Labute approximate surface area is 186 Å². The lowest BCUT2D eigenvalue weighted by Gasteiger charge is -2.18. The highest BCUT2D eigenvalue weighted by molar-refractivity contribution is 8.15. The fraction of sp³-hybridized carbons (Fsp3) is 0.240. The fourth-order valence-electron chi connectivity index (χ4n) is 3.50. The van der Waals surface area contributed by atoms with Gasteiger partial charge in [0.1, 0.15) is 17.1 Å². The molecule has 0 N–H and O–H groups in total. The standard InChI is InChI=1S/C25H24O3S2/c1-16-12-18-14-29-25(30-15-19(18)13-17(16)2)21-9-5-7-11-23(21)28-24(26)20-8-4-6-10-22(20)27-3/h4-13,25H,14-15H2,1-3H3. The molecule has 0 aromatic heterocycles. The van der Waals surface area contributed by atoms with E-state index in [0.717, 1.165) is 17.1 Å². The van der Waals surface area contributed by atoms with Crippen LogP contribution in [0.1, 0.15) is 42.8 Å². The number of para-hydroxylation sites is 2. The predicted molar refractivity (Wildman–Crippen MR) is 126 cm³/mol. The molecule has 0 amide bonds. The molecule has 0 bridgehead atoms. The number of carbonyl (C=O) groups is 1. The van der Waals surface area contributed by atoms with Crippen LogP contribution in [-0.2, 0) is 11.5 Å². The largest absolute Gasteiger partial charge is 0.496 e. The van der Waals surface area contributed by atoms with Crippen molar-refractivity contribution < 1.29 is 14.3 Å². The van der Waals surface area contributed by atoms with Crippen molar-refractivity contribution >= 4 is 29.5 Å². The SMILES string of the molecule is COc1ccccc1C(=O)Oc1ccccc1C1SCc2cc(C)c(C)cc2CS1. The van der Waals surface area contributed by atoms with Crippen LogP contribution in [-0.4, -0.2) is 13.1 Å². The fourth-order valence-corrected chi connectivity index (χ4v) is 6.24. The molecule has 0 fully saturated rings. The van der Waals surface area contributed by atoms with Crippen molar-refractivity contribution in [2.24, 2.45) is 0 Å². The Kier molecular flexibility index (Phi) is 6.40. The first-order valence-electron chi connectivity index (χ1n) is 9.83. The summed E-state index contributed by atoms with van der Waals surface area (Å²) in [4.78, 5) is 12.8. The van der Waals surface area contributed by atoms with Crippen molar-refractivity contribution in [1.82, 2.24) is 0 Å². The molecule has 1 aliphatic rings. The van der Waals surface area contributed by atoms with E-state index < -0.39 is 5.97 Å². The second kappa shape index (κ2) is 9.19. The molecule has 0 aliphatic carbocycles. The van der Waals surface area contributed by atoms with E-state index in [1.165, 1.54) is 22.3 Å². The summed E-state index contributed by atoms with van der Waals surface area (Å²) in [6.07, 6.45) is 0. The molecule has 0 saturated carbocycles. The molecule has 0 atom stereocenters. The van der Waals surface area contributed by atoms with Crippen LogP contribution in [0.3, 0.4) is 0 Å². The molecule has 0 saturated heterocycles. The van der Waals surface area contributed by atoms with Gasteiger partial charge in [0.25, 0.3) is 0 Å². The maximum absolute atomic E-state index is 12.8. The van der Waals surface area contributed by atoms with E-state index in [4.69, 9.17) is 9.47 Å². The van der Waals surface area contributed by atoms with E-state index in [2.05, 4.69) is 32.0 Å². The quantitative estimate of drug-likeness (QED) is 0.335. The number of hydrogen-bond donors (Lipinski definition) is 0. The van der Waals surface area contributed by atoms with Gasteiger partial charge in [0.2, 0.25) is 0 Å². The molecule has 3 nitrogen and oxygen atoms in total. The molecule has 5 heteroatoms. The van der Waals surface area contributed by atoms with Crippen LogP contribution < -0.4 is 9.47 Å². The smallest absolute Gasteiger partial charge is 0.347 e. The predicted octanol–water partition coefficient (Wildman–Crippen LogP) is 6.71. The van der Waals surface area contributed by atoms with E-state index in [1.54, 1.807) is 19.2 Å². The molecule has 154 valence electrons. The van der Waals surface area contributed by atoms with Gasteiger partial charge in [-0.2, -0.15) is 0 Å². The number of hydrogen-bond acceptors (Lipinski definition) is 5. The first kappa shape index (κ1) is 20.9. The van der Waals surface area contributed by atoms with Gasteiger partial charge in [0.15, 0.2) is 0 Å². The molecule has 1 heterocycles. The molecule has 3 aromatic carbocycles. The van der Waals surface area contributed by atoms with Gasteiger partial charge in [-0.25, -0.2) is 4.79 Å². The van der Waals surface area contributed by atoms with Gasteiger partial charge in [-0.1, -0.05) is 42.5 Å². The van der Waals surface area contributed by atoms with Crippen LogP contribution in [0.2, 0.25) is 0 Å². The number of carbonyl (C=O) groups excluding carboxylic acids is 1. The maximum Gasteiger partial charge on any atom is 0.347 e. The first-order valence-corrected chi connectivity index (χ1v) is 11.9. The number of methoxy groups -OCH3 is 1. The highest BCUT2D eigenvalue weighted by atomic mass is 32.2. The minimum atomic E-state index is -0.405. The molecular weight excluding hydrogens is 412 g/mol. The summed E-state index contributed by atoms with van der Waals surface area (Å²) in [7, 11) is 1.56. The van der Waals surface area contributed by atoms with Crippen LogP contribution >= 0.6 is 23.5 Å². The Hall–Kier alpha value is -2.37. The van der Waals surface area contributed by atoms with Gasteiger partial charge in [-0.3, -0.25) is 0 Å². The molecule has 3 aromatic rings. The maximum atomic E-state index is 12.8. The minimum Gasteiger partial charge on any atom is -0.496 e. The van der Waals surface area contributed by atoms with Crippen molar-refractivity contribution in [2.75, 3.05) is 7.11 Å². The lowest BCUT2D eigenvalue weighted by Crippen LogP contribution is -2.11. The van der Waals surface area contributed by atoms with Crippen molar-refractivity contribution in [3.8, 4) is 11.5 Å². The highest BCUT2D eigenvalue weighted by Gasteiger charge is 2.24. The molecule has 0 radical (unpaired) electrons. The molecule has 30 heavy (non-hydrogen) atoms. The van der Waals surface area contributed by atoms with Gasteiger partial charge in [0, 0.05) is 17.1 Å². The second-order valence-corrected chi connectivity index (χ2v) is 9.77. The monoisotopic (exact) mass is 436 g/mol. The Morgan fingerprint density at radius 3 is 2.07 bits per heavy atom. The number of benzene rings is 3. The first-order chi connectivity index (χ1) is 14.6. The summed E-state index contributed by atoms with van der Waals surface area (Å²) in [6, 6.07) is 19.6. The third kappa shape index (κ3) is 4.37. The summed E-state index contributed by atoms with van der Waals surface area (Å²) in [5.41, 5.74) is 6.95. The van der Waals surface area contributed by atoms with Crippen LogP contribution in [0.15, 0.2) is 60.7 Å². The van der Waals surface area contributed by atoms with Gasteiger partial charge in [0.05, 0.1) is 11.7 Å². The van der Waals surface area contributed by atoms with Crippen LogP contribution in [0.25, 0.3) is 0 Å². The van der Waals surface area contributed by atoms with E-state index in [9.17, 15) is 4.79 Å². The van der Waals surface area contributed by atoms with Crippen LogP contribution in [0.4, 0.5) is 0 Å². The molecule has 4 rings (SSSR count). The summed E-state index contributed by atoms with van der Waals surface area (Å²) in [5.74, 6) is 2.61.